The second-order valence-electron chi connectivity index (χ2n) is 1.46. The minimum atomic E-state index is -0.195. The second-order valence-corrected chi connectivity index (χ2v) is 1.46. The van der Waals surface area contributed by atoms with Gasteiger partial charge in [0.2, 0.25) is 0 Å². The van der Waals surface area contributed by atoms with Gasteiger partial charge in [0.25, 0.3) is 0 Å². The van der Waals surface area contributed by atoms with E-state index in [2.05, 4.69) is 4.74 Å². The summed E-state index contributed by atoms with van der Waals surface area (Å²) in [5.41, 5.74) is 0. The third-order valence-corrected chi connectivity index (χ3v) is 0.797. The van der Waals surface area contributed by atoms with E-state index in [9.17, 15) is 0 Å². The Labute approximate surface area is 41.8 Å². The molecule has 0 aromatic rings. The number of ether oxygens (including phenoxy) is 2. The zero-order valence-corrected chi connectivity index (χ0v) is 3.96. The molecule has 1 aliphatic rings. The number of epoxide rings is 1. The van der Waals surface area contributed by atoms with Gasteiger partial charge in [0.1, 0.15) is 12.9 Å². The first-order valence-electron chi connectivity index (χ1n) is 2.23. The summed E-state index contributed by atoms with van der Waals surface area (Å²) in [5, 5.41) is 8.07. The van der Waals surface area contributed by atoms with E-state index in [0.29, 0.717) is 6.61 Å². The molecule has 0 bridgehead atoms. The highest BCUT2D eigenvalue weighted by Gasteiger charge is 2.21. The Morgan fingerprint density at radius 2 is 2.57 bits per heavy atom. The molecule has 0 aliphatic carbocycles. The summed E-state index contributed by atoms with van der Waals surface area (Å²) in [6.45, 7) is 1.14. The Hall–Kier alpha value is -0.120. The minimum absolute atomic E-state index is 0.195. The molecule has 1 heterocycles. The molecule has 7 heavy (non-hydrogen) atoms. The van der Waals surface area contributed by atoms with Gasteiger partial charge in [-0.3, -0.25) is 0 Å². The largest absolute Gasteiger partial charge is 0.371 e. The molecule has 1 N–H and O–H groups in total. The second kappa shape index (κ2) is 2.26. The molecule has 0 amide bonds. The monoisotopic (exact) mass is 104 g/mol. The van der Waals surface area contributed by atoms with Crippen LogP contribution in [0.1, 0.15) is 0 Å². The lowest BCUT2D eigenvalue weighted by molar-refractivity contribution is -0.00757. The molecule has 1 aliphatic heterocycles. The quantitative estimate of drug-likeness (QED) is 0.382. The van der Waals surface area contributed by atoms with Gasteiger partial charge in [0.05, 0.1) is 13.2 Å². The third-order valence-electron chi connectivity index (χ3n) is 0.797. The van der Waals surface area contributed by atoms with Crippen LogP contribution in [0.15, 0.2) is 0 Å². The molecular weight excluding hydrogens is 96.0 g/mol. The fourth-order valence-corrected chi connectivity index (χ4v) is 0.348. The van der Waals surface area contributed by atoms with Gasteiger partial charge in [-0.25, -0.2) is 0 Å². The molecule has 0 aromatic carbocycles. The topological polar surface area (TPSA) is 42.0 Å². The van der Waals surface area contributed by atoms with Gasteiger partial charge >= 0.3 is 0 Å². The normalized spacial score (nSPS) is 27.9. The molecule has 1 fully saturated rings. The van der Waals surface area contributed by atoms with E-state index in [0.717, 1.165) is 6.61 Å². The van der Waals surface area contributed by atoms with Crippen LogP contribution >= 0.6 is 0 Å². The third kappa shape index (κ3) is 1.87. The molecule has 1 unspecified atom stereocenters. The first-order valence-corrected chi connectivity index (χ1v) is 2.23. The molecule has 1 saturated heterocycles. The molecule has 0 aromatic heterocycles. The number of aliphatic hydroxyl groups is 1. The lowest BCUT2D eigenvalue weighted by Gasteiger charge is -1.90. The highest BCUT2D eigenvalue weighted by Crippen LogP contribution is 2.07. The maximum Gasteiger partial charge on any atom is 0.143 e. The smallest absolute Gasteiger partial charge is 0.143 e. The van der Waals surface area contributed by atoms with Crippen molar-refractivity contribution in [3.63, 3.8) is 0 Å². The van der Waals surface area contributed by atoms with E-state index in [1.165, 1.54) is 0 Å². The zero-order valence-electron chi connectivity index (χ0n) is 3.96. The van der Waals surface area contributed by atoms with Crippen LogP contribution in [0.3, 0.4) is 0 Å². The van der Waals surface area contributed by atoms with Crippen LogP contribution < -0.4 is 0 Å². The maximum atomic E-state index is 8.07. The van der Waals surface area contributed by atoms with E-state index >= 15 is 0 Å². The average molecular weight is 104 g/mol. The van der Waals surface area contributed by atoms with Crippen LogP contribution in [0.2, 0.25) is 0 Å². The summed E-state index contributed by atoms with van der Waals surface area (Å²) < 4.78 is 9.36. The van der Waals surface area contributed by atoms with Crippen molar-refractivity contribution in [3.8, 4) is 0 Å². The lowest BCUT2D eigenvalue weighted by Crippen LogP contribution is -2.00. The molecule has 3 heteroatoms. The Bertz CT molecular complexity index is 50.9. The number of hydrogen-bond acceptors (Lipinski definition) is 3. The number of rotatable bonds is 3. The van der Waals surface area contributed by atoms with Crippen molar-refractivity contribution in [2.45, 2.75) is 6.10 Å². The van der Waals surface area contributed by atoms with Crippen LogP contribution in [0.5, 0.6) is 0 Å². The molecule has 0 spiro atoms. The van der Waals surface area contributed by atoms with Crippen molar-refractivity contribution in [1.82, 2.24) is 0 Å². The molecule has 3 nitrogen and oxygen atoms in total. The molecular formula is C4H8O3. The summed E-state index contributed by atoms with van der Waals surface area (Å²) in [5.74, 6) is 0. The van der Waals surface area contributed by atoms with Gasteiger partial charge in [-0.1, -0.05) is 0 Å². The first-order chi connectivity index (χ1) is 3.43. The standard InChI is InChI=1S/C4H8O3/c5-3-6-1-4-2-7-4/h4-5H,1-3H2. The SMILES string of the molecule is OCOCC1CO1. The summed E-state index contributed by atoms with van der Waals surface area (Å²) in [4.78, 5) is 0. The van der Waals surface area contributed by atoms with Gasteiger partial charge in [-0.05, 0) is 0 Å². The molecule has 0 radical (unpaired) electrons. The van der Waals surface area contributed by atoms with Gasteiger partial charge in [0.15, 0.2) is 0 Å². The van der Waals surface area contributed by atoms with Crippen LogP contribution in [0.25, 0.3) is 0 Å². The van der Waals surface area contributed by atoms with Crippen LogP contribution in [0.4, 0.5) is 0 Å². The summed E-state index contributed by atoms with van der Waals surface area (Å²) in [7, 11) is 0. The highest BCUT2D eigenvalue weighted by molar-refractivity contribution is 4.66. The average Bonchev–Trinajstić information content (AvgIpc) is 2.42. The van der Waals surface area contributed by atoms with Gasteiger partial charge in [-0.15, -0.1) is 0 Å². The Morgan fingerprint density at radius 3 is 3.00 bits per heavy atom. The predicted molar refractivity (Wildman–Crippen MR) is 22.8 cm³/mol. The van der Waals surface area contributed by atoms with Crippen molar-refractivity contribution in [2.75, 3.05) is 20.0 Å². The fraction of sp³-hybridized carbons (Fsp3) is 1.00. The highest BCUT2D eigenvalue weighted by atomic mass is 16.6. The van der Waals surface area contributed by atoms with E-state index in [-0.39, 0.29) is 12.9 Å². The van der Waals surface area contributed by atoms with Crippen LogP contribution in [0, 0.1) is 0 Å². The summed E-state index contributed by atoms with van der Waals surface area (Å²) in [6.07, 6.45) is 0.271. The van der Waals surface area contributed by atoms with Gasteiger partial charge in [0, 0.05) is 0 Å². The maximum absolute atomic E-state index is 8.07. The predicted octanol–water partition coefficient (Wildman–Crippen LogP) is -0.648. The Morgan fingerprint density at radius 1 is 1.86 bits per heavy atom. The van der Waals surface area contributed by atoms with Gasteiger partial charge < -0.3 is 14.6 Å². The molecule has 0 saturated carbocycles. The fourth-order valence-electron chi connectivity index (χ4n) is 0.348. The number of hydrogen-bond donors (Lipinski definition) is 1. The molecule has 42 valence electrons. The number of aliphatic hydroxyl groups excluding tert-OH is 1. The van der Waals surface area contributed by atoms with E-state index < -0.39 is 0 Å². The van der Waals surface area contributed by atoms with Crippen LogP contribution in [-0.2, 0) is 9.47 Å². The van der Waals surface area contributed by atoms with Crippen molar-refractivity contribution in [2.24, 2.45) is 0 Å². The molecule has 1 atom stereocenters. The van der Waals surface area contributed by atoms with E-state index in [1.807, 2.05) is 0 Å². The first kappa shape index (κ1) is 5.03. The van der Waals surface area contributed by atoms with Crippen molar-refractivity contribution >= 4 is 0 Å². The van der Waals surface area contributed by atoms with Crippen molar-refractivity contribution in [1.29, 1.82) is 0 Å². The van der Waals surface area contributed by atoms with Crippen LogP contribution in [-0.4, -0.2) is 31.2 Å². The summed E-state index contributed by atoms with van der Waals surface area (Å²) in [6, 6.07) is 0. The minimum Gasteiger partial charge on any atom is -0.371 e. The molecule has 1 rings (SSSR count). The Balaban J connectivity index is 1.80. The summed E-state index contributed by atoms with van der Waals surface area (Å²) >= 11 is 0. The van der Waals surface area contributed by atoms with E-state index in [4.69, 9.17) is 9.84 Å². The zero-order chi connectivity index (χ0) is 5.11. The van der Waals surface area contributed by atoms with Crippen molar-refractivity contribution < 1.29 is 14.6 Å². The lowest BCUT2D eigenvalue weighted by atomic mass is 10.5. The Kier molecular flexibility index (Phi) is 1.62. The van der Waals surface area contributed by atoms with E-state index in [1.54, 1.807) is 0 Å². The van der Waals surface area contributed by atoms with Crippen molar-refractivity contribution in [3.05, 3.63) is 0 Å². The van der Waals surface area contributed by atoms with Gasteiger partial charge in [-0.2, -0.15) is 0 Å².